The van der Waals surface area contributed by atoms with E-state index in [0.29, 0.717) is 40.0 Å². The SMILES string of the molecule is O=C(CNC(=O)c1ccc2c(c1)OCO2)Nc1ccccc1-c1nc(-c2ccccc2)n[nH]1. The van der Waals surface area contributed by atoms with Crippen molar-refractivity contribution in [2.45, 2.75) is 0 Å². The number of benzene rings is 3. The number of aromatic amines is 1. The number of fused-ring (bicyclic) bond motifs is 1. The van der Waals surface area contributed by atoms with Crippen molar-refractivity contribution in [3.63, 3.8) is 0 Å². The number of nitrogens with zero attached hydrogens (tertiary/aromatic N) is 2. The van der Waals surface area contributed by atoms with E-state index in [1.807, 2.05) is 42.5 Å². The third-order valence-corrected chi connectivity index (χ3v) is 5.02. The number of aromatic nitrogens is 3. The minimum atomic E-state index is -0.389. The highest BCUT2D eigenvalue weighted by Crippen LogP contribution is 2.32. The van der Waals surface area contributed by atoms with Crippen LogP contribution in [-0.4, -0.2) is 40.3 Å². The normalized spacial score (nSPS) is 11.8. The zero-order chi connectivity index (χ0) is 22.6. The molecule has 3 aromatic carbocycles. The molecule has 0 unspecified atom stereocenters. The van der Waals surface area contributed by atoms with Crippen LogP contribution in [0.4, 0.5) is 5.69 Å². The topological polar surface area (TPSA) is 118 Å². The second-order valence-corrected chi connectivity index (χ2v) is 7.22. The Morgan fingerprint density at radius 1 is 0.939 bits per heavy atom. The maximum absolute atomic E-state index is 12.5. The predicted molar refractivity (Wildman–Crippen MR) is 121 cm³/mol. The summed E-state index contributed by atoms with van der Waals surface area (Å²) in [6, 6.07) is 21.7. The molecule has 0 atom stereocenters. The van der Waals surface area contributed by atoms with Gasteiger partial charge in [-0.2, -0.15) is 5.10 Å². The molecule has 9 nitrogen and oxygen atoms in total. The molecule has 0 bridgehead atoms. The lowest BCUT2D eigenvalue weighted by Gasteiger charge is -2.10. The Morgan fingerprint density at radius 2 is 1.73 bits per heavy atom. The van der Waals surface area contributed by atoms with Gasteiger partial charge in [0, 0.05) is 16.7 Å². The first-order valence-corrected chi connectivity index (χ1v) is 10.2. The fraction of sp³-hybridized carbons (Fsp3) is 0.0833. The van der Waals surface area contributed by atoms with Crippen LogP contribution in [0.15, 0.2) is 72.8 Å². The largest absolute Gasteiger partial charge is 0.454 e. The van der Waals surface area contributed by atoms with Gasteiger partial charge in [0.25, 0.3) is 5.91 Å². The van der Waals surface area contributed by atoms with Crippen LogP contribution >= 0.6 is 0 Å². The summed E-state index contributed by atoms with van der Waals surface area (Å²) in [5.41, 5.74) is 2.49. The Kier molecular flexibility index (Phi) is 5.42. The second-order valence-electron chi connectivity index (χ2n) is 7.22. The van der Waals surface area contributed by atoms with Gasteiger partial charge in [0.2, 0.25) is 12.7 Å². The molecule has 4 aromatic rings. The molecule has 0 aliphatic carbocycles. The van der Waals surface area contributed by atoms with Crippen molar-refractivity contribution in [2.75, 3.05) is 18.7 Å². The lowest BCUT2D eigenvalue weighted by Crippen LogP contribution is -2.32. The molecule has 33 heavy (non-hydrogen) atoms. The third kappa shape index (κ3) is 4.38. The van der Waals surface area contributed by atoms with Crippen LogP contribution in [0, 0.1) is 0 Å². The molecule has 9 heteroatoms. The van der Waals surface area contributed by atoms with Gasteiger partial charge in [-0.1, -0.05) is 42.5 Å². The molecule has 3 N–H and O–H groups in total. The zero-order valence-electron chi connectivity index (χ0n) is 17.4. The molecule has 0 spiro atoms. The predicted octanol–water partition coefficient (Wildman–Crippen LogP) is 3.24. The molecule has 2 heterocycles. The maximum Gasteiger partial charge on any atom is 0.251 e. The minimum absolute atomic E-state index is 0.125. The summed E-state index contributed by atoms with van der Waals surface area (Å²) in [4.78, 5) is 29.5. The number of amides is 2. The van der Waals surface area contributed by atoms with Crippen LogP contribution < -0.4 is 20.1 Å². The van der Waals surface area contributed by atoms with Gasteiger partial charge in [0.05, 0.1) is 12.2 Å². The molecule has 0 radical (unpaired) electrons. The number of carbonyl (C=O) groups is 2. The van der Waals surface area contributed by atoms with E-state index in [2.05, 4.69) is 25.8 Å². The molecule has 1 aliphatic heterocycles. The summed E-state index contributed by atoms with van der Waals surface area (Å²) in [5, 5.41) is 12.6. The number of para-hydroxylation sites is 1. The van der Waals surface area contributed by atoms with Crippen molar-refractivity contribution in [1.29, 1.82) is 0 Å². The van der Waals surface area contributed by atoms with Crippen LogP contribution in [-0.2, 0) is 4.79 Å². The van der Waals surface area contributed by atoms with Crippen LogP contribution in [0.2, 0.25) is 0 Å². The molecule has 1 aromatic heterocycles. The quantitative estimate of drug-likeness (QED) is 0.423. The van der Waals surface area contributed by atoms with Crippen LogP contribution in [0.1, 0.15) is 10.4 Å². The highest BCUT2D eigenvalue weighted by molar-refractivity contribution is 6.01. The Labute approximate surface area is 188 Å². The fourth-order valence-electron chi connectivity index (χ4n) is 3.39. The third-order valence-electron chi connectivity index (χ3n) is 5.02. The van der Waals surface area contributed by atoms with Gasteiger partial charge in [0.1, 0.15) is 0 Å². The lowest BCUT2D eigenvalue weighted by molar-refractivity contribution is -0.115. The first kappa shape index (κ1) is 20.3. The van der Waals surface area contributed by atoms with E-state index in [-0.39, 0.29) is 25.2 Å². The maximum atomic E-state index is 12.5. The number of anilines is 1. The van der Waals surface area contributed by atoms with E-state index < -0.39 is 0 Å². The number of nitrogens with one attached hydrogen (secondary N) is 3. The zero-order valence-corrected chi connectivity index (χ0v) is 17.4. The van der Waals surface area contributed by atoms with Crippen molar-refractivity contribution in [3.8, 4) is 34.3 Å². The molecule has 1 aliphatic rings. The molecule has 0 saturated carbocycles. The van der Waals surface area contributed by atoms with Gasteiger partial charge in [0.15, 0.2) is 23.1 Å². The van der Waals surface area contributed by atoms with E-state index in [1.165, 1.54) is 0 Å². The van der Waals surface area contributed by atoms with Crippen LogP contribution in [0.3, 0.4) is 0 Å². The van der Waals surface area contributed by atoms with Gasteiger partial charge >= 0.3 is 0 Å². The molecule has 5 rings (SSSR count). The number of hydrogen-bond donors (Lipinski definition) is 3. The first-order chi connectivity index (χ1) is 16.2. The molecular formula is C24H19N5O4. The van der Waals surface area contributed by atoms with Crippen molar-refractivity contribution >= 4 is 17.5 Å². The average Bonchev–Trinajstić information content (AvgIpc) is 3.53. The number of hydrogen-bond acceptors (Lipinski definition) is 6. The molecule has 0 saturated heterocycles. The molecular weight excluding hydrogens is 422 g/mol. The van der Waals surface area contributed by atoms with Gasteiger partial charge in [-0.25, -0.2) is 4.98 Å². The Balaban J connectivity index is 1.25. The monoisotopic (exact) mass is 441 g/mol. The Morgan fingerprint density at radius 3 is 2.61 bits per heavy atom. The van der Waals surface area contributed by atoms with E-state index >= 15 is 0 Å². The van der Waals surface area contributed by atoms with E-state index in [9.17, 15) is 9.59 Å². The lowest BCUT2D eigenvalue weighted by atomic mass is 10.1. The van der Waals surface area contributed by atoms with Crippen molar-refractivity contribution in [1.82, 2.24) is 20.5 Å². The highest BCUT2D eigenvalue weighted by atomic mass is 16.7. The summed E-state index contributed by atoms with van der Waals surface area (Å²) in [7, 11) is 0. The number of rotatable bonds is 6. The Bertz CT molecular complexity index is 1320. The van der Waals surface area contributed by atoms with E-state index in [4.69, 9.17) is 9.47 Å². The Hall–Kier alpha value is -4.66. The summed E-state index contributed by atoms with van der Waals surface area (Å²) in [6.07, 6.45) is 0. The van der Waals surface area contributed by atoms with E-state index in [1.54, 1.807) is 30.3 Å². The van der Waals surface area contributed by atoms with Gasteiger partial charge in [-0.3, -0.25) is 14.7 Å². The number of carbonyl (C=O) groups excluding carboxylic acids is 2. The molecule has 0 fully saturated rings. The number of H-pyrrole nitrogens is 1. The smallest absolute Gasteiger partial charge is 0.251 e. The first-order valence-electron chi connectivity index (χ1n) is 10.2. The molecule has 2 amide bonds. The summed E-state index contributed by atoms with van der Waals surface area (Å²) in [6.45, 7) is -0.0759. The minimum Gasteiger partial charge on any atom is -0.454 e. The fourth-order valence-corrected chi connectivity index (χ4v) is 3.39. The average molecular weight is 441 g/mol. The van der Waals surface area contributed by atoms with E-state index in [0.717, 1.165) is 5.56 Å². The van der Waals surface area contributed by atoms with Crippen LogP contribution in [0.25, 0.3) is 22.8 Å². The number of ether oxygens (including phenoxy) is 2. The van der Waals surface area contributed by atoms with Crippen LogP contribution in [0.5, 0.6) is 11.5 Å². The van der Waals surface area contributed by atoms with Gasteiger partial charge in [-0.15, -0.1) is 0 Å². The highest BCUT2D eigenvalue weighted by Gasteiger charge is 2.17. The van der Waals surface area contributed by atoms with Crippen molar-refractivity contribution in [3.05, 3.63) is 78.4 Å². The van der Waals surface area contributed by atoms with Crippen molar-refractivity contribution < 1.29 is 19.1 Å². The van der Waals surface area contributed by atoms with Gasteiger partial charge < -0.3 is 20.1 Å². The molecule has 164 valence electrons. The summed E-state index contributed by atoms with van der Waals surface area (Å²) in [5.74, 6) is 1.40. The summed E-state index contributed by atoms with van der Waals surface area (Å²) >= 11 is 0. The standard InChI is InChI=1S/C24H19N5O4/c30-21(13-25-24(31)16-10-11-19-20(12-16)33-14-32-19)26-18-9-5-4-8-17(18)23-27-22(28-29-23)15-6-2-1-3-7-15/h1-12H,13-14H2,(H,25,31)(H,26,30)(H,27,28,29). The van der Waals surface area contributed by atoms with Crippen molar-refractivity contribution in [2.24, 2.45) is 0 Å². The second kappa shape index (κ2) is 8.83. The summed E-state index contributed by atoms with van der Waals surface area (Å²) < 4.78 is 10.5. The van der Waals surface area contributed by atoms with Gasteiger partial charge in [-0.05, 0) is 30.3 Å².